The molecule has 146 valence electrons. The molecular weight excluding hydrogens is 364 g/mol. The summed E-state index contributed by atoms with van der Waals surface area (Å²) in [6.45, 7) is 0.967. The lowest BCUT2D eigenvalue weighted by Gasteiger charge is -2.22. The van der Waals surface area contributed by atoms with Gasteiger partial charge in [0.25, 0.3) is 5.91 Å². The molecule has 2 N–H and O–H groups in total. The molecule has 1 aromatic carbocycles. The normalized spacial score (nSPS) is 19.0. The largest absolute Gasteiger partial charge is 0.469 e. The van der Waals surface area contributed by atoms with Crippen LogP contribution in [0.25, 0.3) is 0 Å². The number of nitrogens with one attached hydrogen (secondary N) is 2. The van der Waals surface area contributed by atoms with Crippen LogP contribution >= 0.6 is 0 Å². The summed E-state index contributed by atoms with van der Waals surface area (Å²) in [6, 6.07) is 2.04. The Morgan fingerprint density at radius 2 is 1.96 bits per heavy atom. The fraction of sp³-hybridized carbons (Fsp3) is 0.412. The maximum absolute atomic E-state index is 13.5. The molecule has 8 nitrogen and oxygen atoms in total. The molecule has 1 fully saturated rings. The minimum atomic E-state index is -1.61. The molecule has 2 rings (SSSR count). The van der Waals surface area contributed by atoms with Crippen molar-refractivity contribution in [3.8, 4) is 0 Å². The third kappa shape index (κ3) is 4.39. The van der Waals surface area contributed by atoms with E-state index in [4.69, 9.17) is 0 Å². The highest BCUT2D eigenvalue weighted by Crippen LogP contribution is 2.29. The zero-order valence-electron chi connectivity index (χ0n) is 14.8. The Labute approximate surface area is 153 Å². The van der Waals surface area contributed by atoms with E-state index in [-0.39, 0.29) is 18.5 Å². The van der Waals surface area contributed by atoms with Crippen LogP contribution < -0.4 is 10.6 Å². The summed E-state index contributed by atoms with van der Waals surface area (Å²) in [5, 5.41) is 4.88. The van der Waals surface area contributed by atoms with E-state index < -0.39 is 47.5 Å². The predicted octanol–water partition coefficient (Wildman–Crippen LogP) is 0.801. The molecule has 1 heterocycles. The van der Waals surface area contributed by atoms with Crippen LogP contribution in [0.2, 0.25) is 0 Å². The van der Waals surface area contributed by atoms with Crippen molar-refractivity contribution in [3.63, 3.8) is 0 Å². The van der Waals surface area contributed by atoms with Crippen LogP contribution in [0, 0.1) is 11.6 Å². The van der Waals surface area contributed by atoms with Gasteiger partial charge in [0.05, 0.1) is 7.11 Å². The molecule has 0 aliphatic carbocycles. The topological polar surface area (TPSA) is 105 Å². The molecule has 1 aliphatic heterocycles. The summed E-state index contributed by atoms with van der Waals surface area (Å²) in [7, 11) is 1.25. The number of methoxy groups -OCH3 is 1. The van der Waals surface area contributed by atoms with Crippen LogP contribution in [0.3, 0.4) is 0 Å². The summed E-state index contributed by atoms with van der Waals surface area (Å²) >= 11 is 0. The number of urea groups is 1. The minimum absolute atomic E-state index is 0.0562. The van der Waals surface area contributed by atoms with E-state index >= 15 is 0 Å². The van der Waals surface area contributed by atoms with Crippen LogP contribution in [0.5, 0.6) is 0 Å². The molecule has 4 amide bonds. The monoisotopic (exact) mass is 383 g/mol. The Balaban J connectivity index is 1.99. The number of halogens is 2. The first-order valence-electron chi connectivity index (χ1n) is 8.12. The van der Waals surface area contributed by atoms with Gasteiger partial charge in [-0.15, -0.1) is 0 Å². The fourth-order valence-electron chi connectivity index (χ4n) is 2.61. The maximum atomic E-state index is 13.5. The van der Waals surface area contributed by atoms with Gasteiger partial charge in [0.2, 0.25) is 5.91 Å². The highest BCUT2D eigenvalue weighted by molar-refractivity contribution is 6.09. The smallest absolute Gasteiger partial charge is 0.325 e. The van der Waals surface area contributed by atoms with Gasteiger partial charge in [-0.05, 0) is 31.0 Å². The van der Waals surface area contributed by atoms with E-state index in [1.54, 1.807) is 0 Å². The lowest BCUT2D eigenvalue weighted by atomic mass is 9.92. The molecule has 1 aromatic rings. The number of hydrogen-bond acceptors (Lipinski definition) is 5. The molecule has 0 bridgehead atoms. The standard InChI is InChI=1S/C17H19F2N3O5/c1-17(10-5-6-11(18)12(19)8-10)15(25)22(16(26)21-17)9-13(23)20-7-3-4-14(24)27-2/h5-6,8H,3-4,7,9H2,1-2H3,(H,20,23)(H,21,26). The van der Waals surface area contributed by atoms with Crippen LogP contribution in [0.15, 0.2) is 18.2 Å². The van der Waals surface area contributed by atoms with Crippen molar-refractivity contribution in [3.05, 3.63) is 35.4 Å². The number of amides is 4. The summed E-state index contributed by atoms with van der Waals surface area (Å²) in [4.78, 5) is 48.3. The number of carbonyl (C=O) groups excluding carboxylic acids is 4. The molecule has 0 radical (unpaired) electrons. The molecule has 0 aromatic heterocycles. The SMILES string of the molecule is COC(=O)CCCNC(=O)CN1C(=O)NC(C)(c2ccc(F)c(F)c2)C1=O. The van der Waals surface area contributed by atoms with E-state index in [1.165, 1.54) is 20.1 Å². The van der Waals surface area contributed by atoms with Crippen LogP contribution in [-0.2, 0) is 24.7 Å². The van der Waals surface area contributed by atoms with Crippen molar-refractivity contribution in [2.24, 2.45) is 0 Å². The van der Waals surface area contributed by atoms with E-state index in [2.05, 4.69) is 15.4 Å². The first-order chi connectivity index (χ1) is 12.7. The highest BCUT2D eigenvalue weighted by atomic mass is 19.2. The van der Waals surface area contributed by atoms with Crippen molar-refractivity contribution in [2.75, 3.05) is 20.2 Å². The number of imide groups is 1. The Hall–Kier alpha value is -3.04. The number of benzene rings is 1. The van der Waals surface area contributed by atoms with E-state index in [0.29, 0.717) is 11.3 Å². The van der Waals surface area contributed by atoms with E-state index in [0.717, 1.165) is 12.1 Å². The second-order valence-corrected chi connectivity index (χ2v) is 6.10. The molecule has 10 heteroatoms. The van der Waals surface area contributed by atoms with Crippen molar-refractivity contribution >= 4 is 23.8 Å². The Kier molecular flexibility index (Phi) is 6.09. The lowest BCUT2D eigenvalue weighted by Crippen LogP contribution is -2.43. The molecule has 0 spiro atoms. The number of ether oxygens (including phenoxy) is 1. The number of carbonyl (C=O) groups is 4. The van der Waals surface area contributed by atoms with Crippen molar-refractivity contribution in [2.45, 2.75) is 25.3 Å². The average molecular weight is 383 g/mol. The maximum Gasteiger partial charge on any atom is 0.325 e. The zero-order chi connectivity index (χ0) is 20.2. The molecule has 1 saturated heterocycles. The molecule has 27 heavy (non-hydrogen) atoms. The number of nitrogens with zero attached hydrogens (tertiary/aromatic N) is 1. The number of esters is 1. The molecule has 1 unspecified atom stereocenters. The van der Waals surface area contributed by atoms with Crippen molar-refractivity contribution in [1.29, 1.82) is 0 Å². The van der Waals surface area contributed by atoms with Gasteiger partial charge in [0.1, 0.15) is 12.1 Å². The third-order valence-electron chi connectivity index (χ3n) is 4.18. The zero-order valence-corrected chi connectivity index (χ0v) is 14.8. The average Bonchev–Trinajstić information content (AvgIpc) is 2.84. The summed E-state index contributed by atoms with van der Waals surface area (Å²) in [6.07, 6.45) is 0.458. The van der Waals surface area contributed by atoms with Crippen molar-refractivity contribution < 1.29 is 32.7 Å². The Bertz CT molecular complexity index is 786. The van der Waals surface area contributed by atoms with Gasteiger partial charge in [0.15, 0.2) is 11.6 Å². The summed E-state index contributed by atoms with van der Waals surface area (Å²) in [5.74, 6) is -4.01. The first kappa shape index (κ1) is 20.3. The Morgan fingerprint density at radius 3 is 2.59 bits per heavy atom. The van der Waals surface area contributed by atoms with Gasteiger partial charge < -0.3 is 15.4 Å². The van der Waals surface area contributed by atoms with Crippen LogP contribution in [-0.4, -0.2) is 48.9 Å². The second-order valence-electron chi connectivity index (χ2n) is 6.10. The van der Waals surface area contributed by atoms with E-state index in [1.807, 2.05) is 0 Å². The predicted molar refractivity (Wildman–Crippen MR) is 88.2 cm³/mol. The summed E-state index contributed by atoms with van der Waals surface area (Å²) in [5.41, 5.74) is -1.56. The van der Waals surface area contributed by atoms with Gasteiger partial charge in [0, 0.05) is 13.0 Å². The third-order valence-corrected chi connectivity index (χ3v) is 4.18. The van der Waals surface area contributed by atoms with E-state index in [9.17, 15) is 28.0 Å². The van der Waals surface area contributed by atoms with Gasteiger partial charge in [-0.2, -0.15) is 0 Å². The van der Waals surface area contributed by atoms with Crippen molar-refractivity contribution in [1.82, 2.24) is 15.5 Å². The second kappa shape index (κ2) is 8.11. The highest BCUT2D eigenvalue weighted by Gasteiger charge is 2.49. The molecule has 1 aliphatic rings. The van der Waals surface area contributed by atoms with Gasteiger partial charge in [-0.25, -0.2) is 13.6 Å². The lowest BCUT2D eigenvalue weighted by molar-refractivity contribution is -0.140. The molecular formula is C17H19F2N3O5. The first-order valence-corrected chi connectivity index (χ1v) is 8.12. The quantitative estimate of drug-likeness (QED) is 0.412. The fourth-order valence-corrected chi connectivity index (χ4v) is 2.61. The Morgan fingerprint density at radius 1 is 1.26 bits per heavy atom. The van der Waals surface area contributed by atoms with Gasteiger partial charge in [-0.3, -0.25) is 19.3 Å². The van der Waals surface area contributed by atoms with Gasteiger partial charge >= 0.3 is 12.0 Å². The number of hydrogen-bond donors (Lipinski definition) is 2. The molecule has 0 saturated carbocycles. The van der Waals surface area contributed by atoms with Crippen LogP contribution in [0.1, 0.15) is 25.3 Å². The molecule has 1 atom stereocenters. The summed E-state index contributed by atoms with van der Waals surface area (Å²) < 4.78 is 31.1. The van der Waals surface area contributed by atoms with Gasteiger partial charge in [-0.1, -0.05) is 6.07 Å². The van der Waals surface area contributed by atoms with Crippen LogP contribution in [0.4, 0.5) is 13.6 Å². The minimum Gasteiger partial charge on any atom is -0.469 e. The number of rotatable bonds is 7.